The van der Waals surface area contributed by atoms with Crippen molar-refractivity contribution in [1.82, 2.24) is 4.98 Å². The van der Waals surface area contributed by atoms with Crippen LogP contribution in [0.2, 0.25) is 0 Å². The summed E-state index contributed by atoms with van der Waals surface area (Å²) in [5.41, 5.74) is 6.85. The molecule has 0 fully saturated rings. The first-order chi connectivity index (χ1) is 16.7. The molecule has 4 aromatic carbocycles. The first-order valence-corrected chi connectivity index (χ1v) is 11.3. The van der Waals surface area contributed by atoms with Gasteiger partial charge in [0.1, 0.15) is 5.75 Å². The fraction of sp³-hybridized carbons (Fsp3) is 0.0667. The van der Waals surface area contributed by atoms with Gasteiger partial charge in [-0.1, -0.05) is 72.8 Å². The van der Waals surface area contributed by atoms with Crippen molar-refractivity contribution >= 4 is 28.1 Å². The molecule has 5 aromatic rings. The van der Waals surface area contributed by atoms with E-state index in [2.05, 4.69) is 11.4 Å². The highest BCUT2D eigenvalue weighted by Gasteiger charge is 2.35. The van der Waals surface area contributed by atoms with E-state index < -0.39 is 5.92 Å². The molecule has 1 atom stereocenters. The first kappa shape index (κ1) is 20.2. The predicted octanol–water partition coefficient (Wildman–Crippen LogP) is 6.98. The number of hydrogen-bond acceptors (Lipinski definition) is 4. The molecule has 2 heterocycles. The van der Waals surface area contributed by atoms with Gasteiger partial charge in [0, 0.05) is 27.8 Å². The molecule has 34 heavy (non-hydrogen) atoms. The SMILES string of the molecule is COc1ccc(C2C(=O)c3ccccc3Nc3c2c(-c2ccccc2)nc2ccccc32)cc1. The van der Waals surface area contributed by atoms with Crippen LogP contribution in [0, 0.1) is 0 Å². The van der Waals surface area contributed by atoms with E-state index in [1.54, 1.807) is 7.11 Å². The number of anilines is 2. The normalized spacial score (nSPS) is 14.6. The summed E-state index contributed by atoms with van der Waals surface area (Å²) in [7, 11) is 1.64. The highest BCUT2D eigenvalue weighted by molar-refractivity contribution is 6.13. The quantitative estimate of drug-likeness (QED) is 0.327. The van der Waals surface area contributed by atoms with Gasteiger partial charge >= 0.3 is 0 Å². The molecule has 1 aromatic heterocycles. The maximum absolute atomic E-state index is 14.2. The molecule has 1 aliphatic rings. The number of para-hydroxylation sites is 2. The third-order valence-corrected chi connectivity index (χ3v) is 6.43. The van der Waals surface area contributed by atoms with Gasteiger partial charge in [-0.15, -0.1) is 0 Å². The molecule has 164 valence electrons. The molecule has 0 radical (unpaired) electrons. The molecular formula is C30H22N2O2. The van der Waals surface area contributed by atoms with E-state index in [1.165, 1.54) is 0 Å². The van der Waals surface area contributed by atoms with Gasteiger partial charge < -0.3 is 10.1 Å². The summed E-state index contributed by atoms with van der Waals surface area (Å²) < 4.78 is 5.37. The lowest BCUT2D eigenvalue weighted by Crippen LogP contribution is -2.15. The molecule has 1 N–H and O–H groups in total. The molecule has 0 aliphatic carbocycles. The molecule has 0 amide bonds. The second kappa shape index (κ2) is 8.16. The fourth-order valence-electron chi connectivity index (χ4n) is 4.80. The maximum Gasteiger partial charge on any atom is 0.176 e. The third kappa shape index (κ3) is 3.23. The topological polar surface area (TPSA) is 51.2 Å². The minimum Gasteiger partial charge on any atom is -0.497 e. The summed E-state index contributed by atoms with van der Waals surface area (Å²) in [5.74, 6) is 0.272. The lowest BCUT2D eigenvalue weighted by atomic mass is 9.82. The van der Waals surface area contributed by atoms with E-state index >= 15 is 0 Å². The highest BCUT2D eigenvalue weighted by Crippen LogP contribution is 2.46. The van der Waals surface area contributed by atoms with Crippen LogP contribution in [0.15, 0.2) is 103 Å². The van der Waals surface area contributed by atoms with E-state index in [-0.39, 0.29) is 5.78 Å². The average molecular weight is 443 g/mol. The second-order valence-electron chi connectivity index (χ2n) is 8.37. The number of rotatable bonds is 3. The minimum absolute atomic E-state index is 0.0429. The minimum atomic E-state index is -0.524. The number of nitrogens with one attached hydrogen (secondary N) is 1. The van der Waals surface area contributed by atoms with Gasteiger partial charge in [0.25, 0.3) is 0 Å². The highest BCUT2D eigenvalue weighted by atomic mass is 16.5. The van der Waals surface area contributed by atoms with Crippen LogP contribution in [-0.4, -0.2) is 17.9 Å². The van der Waals surface area contributed by atoms with E-state index in [0.717, 1.165) is 50.4 Å². The molecule has 4 heteroatoms. The average Bonchev–Trinajstić information content (AvgIpc) is 3.03. The summed E-state index contributed by atoms with van der Waals surface area (Å²) >= 11 is 0. The second-order valence-corrected chi connectivity index (χ2v) is 8.37. The Hall–Kier alpha value is -4.44. The Morgan fingerprint density at radius 3 is 2.29 bits per heavy atom. The van der Waals surface area contributed by atoms with Crippen LogP contribution in [0.3, 0.4) is 0 Å². The number of methoxy groups -OCH3 is 1. The molecule has 0 saturated heterocycles. The van der Waals surface area contributed by atoms with Crippen molar-refractivity contribution in [3.63, 3.8) is 0 Å². The summed E-state index contributed by atoms with van der Waals surface area (Å²) in [6.07, 6.45) is 0. The molecule has 6 rings (SSSR count). The van der Waals surface area contributed by atoms with Crippen molar-refractivity contribution in [3.8, 4) is 17.0 Å². The molecule has 1 aliphatic heterocycles. The molecule has 0 spiro atoms. The number of benzene rings is 4. The maximum atomic E-state index is 14.2. The van der Waals surface area contributed by atoms with Crippen LogP contribution in [0.1, 0.15) is 27.4 Å². The number of ketones is 1. The Labute approximate surface area is 197 Å². The number of fused-ring (bicyclic) bond motifs is 4. The molecule has 1 unspecified atom stereocenters. The van der Waals surface area contributed by atoms with Gasteiger partial charge in [0.2, 0.25) is 0 Å². The number of hydrogen-bond donors (Lipinski definition) is 1. The number of Topliss-reactive ketones (excluding diaryl/α,β-unsaturated/α-hetero) is 1. The van der Waals surface area contributed by atoms with E-state index in [4.69, 9.17) is 9.72 Å². The summed E-state index contributed by atoms with van der Waals surface area (Å²) in [4.78, 5) is 19.3. The van der Waals surface area contributed by atoms with Gasteiger partial charge in [0.05, 0.1) is 29.9 Å². The van der Waals surface area contributed by atoms with Crippen molar-refractivity contribution < 1.29 is 9.53 Å². The van der Waals surface area contributed by atoms with Gasteiger partial charge in [-0.2, -0.15) is 0 Å². The Morgan fingerprint density at radius 2 is 1.50 bits per heavy atom. The lowest BCUT2D eigenvalue weighted by molar-refractivity contribution is 0.0975. The Balaban J connectivity index is 1.73. The van der Waals surface area contributed by atoms with Crippen molar-refractivity contribution in [2.24, 2.45) is 0 Å². The van der Waals surface area contributed by atoms with E-state index in [0.29, 0.717) is 5.56 Å². The molecule has 4 nitrogen and oxygen atoms in total. The van der Waals surface area contributed by atoms with Crippen molar-refractivity contribution in [3.05, 3.63) is 120 Å². The van der Waals surface area contributed by atoms with E-state index in [9.17, 15) is 4.79 Å². The molecular weight excluding hydrogens is 420 g/mol. The largest absolute Gasteiger partial charge is 0.497 e. The zero-order valence-electron chi connectivity index (χ0n) is 18.7. The third-order valence-electron chi connectivity index (χ3n) is 6.43. The van der Waals surface area contributed by atoms with Gasteiger partial charge in [0.15, 0.2) is 5.78 Å². The van der Waals surface area contributed by atoms with Crippen LogP contribution in [0.4, 0.5) is 11.4 Å². The molecule has 0 saturated carbocycles. The van der Waals surface area contributed by atoms with Gasteiger partial charge in [-0.05, 0) is 35.9 Å². The number of nitrogens with zero attached hydrogens (tertiary/aromatic N) is 1. The Kier molecular flexibility index (Phi) is 4.84. The number of ether oxygens (including phenoxy) is 1. The van der Waals surface area contributed by atoms with Crippen LogP contribution in [-0.2, 0) is 0 Å². The van der Waals surface area contributed by atoms with Crippen molar-refractivity contribution in [2.75, 3.05) is 12.4 Å². The zero-order valence-corrected chi connectivity index (χ0v) is 18.7. The van der Waals surface area contributed by atoms with Crippen LogP contribution in [0.5, 0.6) is 5.75 Å². The van der Waals surface area contributed by atoms with Crippen molar-refractivity contribution in [2.45, 2.75) is 5.92 Å². The van der Waals surface area contributed by atoms with Gasteiger partial charge in [-0.3, -0.25) is 4.79 Å². The monoisotopic (exact) mass is 442 g/mol. The fourth-order valence-corrected chi connectivity index (χ4v) is 4.80. The molecule has 0 bridgehead atoms. The zero-order chi connectivity index (χ0) is 23.1. The van der Waals surface area contributed by atoms with E-state index in [1.807, 2.05) is 97.1 Å². The summed E-state index contributed by atoms with van der Waals surface area (Å²) in [6, 6.07) is 33.7. The van der Waals surface area contributed by atoms with Crippen LogP contribution >= 0.6 is 0 Å². The Morgan fingerprint density at radius 1 is 0.794 bits per heavy atom. The standard InChI is InChI=1S/C30H22N2O2/c1-34-21-17-15-19(16-18-21)26-27-28(20-9-3-2-4-10-20)31-24-13-7-5-11-22(24)29(27)32-25-14-8-6-12-23(25)30(26)33/h2-18,26,32H,1H3. The Bertz CT molecular complexity index is 1530. The number of aromatic nitrogens is 1. The number of pyridine rings is 1. The summed E-state index contributed by atoms with van der Waals surface area (Å²) in [5, 5.41) is 4.61. The predicted molar refractivity (Wildman–Crippen MR) is 136 cm³/mol. The number of carbonyl (C=O) groups excluding carboxylic acids is 1. The van der Waals surface area contributed by atoms with Crippen molar-refractivity contribution in [1.29, 1.82) is 0 Å². The summed E-state index contributed by atoms with van der Waals surface area (Å²) in [6.45, 7) is 0. The van der Waals surface area contributed by atoms with Gasteiger partial charge in [-0.25, -0.2) is 4.98 Å². The van der Waals surface area contributed by atoms with Crippen LogP contribution < -0.4 is 10.1 Å². The lowest BCUT2D eigenvalue weighted by Gasteiger charge is -2.22. The number of carbonyl (C=O) groups is 1. The smallest absolute Gasteiger partial charge is 0.176 e. The first-order valence-electron chi connectivity index (χ1n) is 11.3. The van der Waals surface area contributed by atoms with Crippen LogP contribution in [0.25, 0.3) is 22.2 Å².